The Morgan fingerprint density at radius 1 is 1.67 bits per heavy atom. The number of carboxylic acids is 1. The summed E-state index contributed by atoms with van der Waals surface area (Å²) in [5, 5.41) is 12.1. The lowest BCUT2D eigenvalue weighted by atomic mass is 9.97. The summed E-state index contributed by atoms with van der Waals surface area (Å²) in [5.74, 6) is -0.728. The van der Waals surface area contributed by atoms with Gasteiger partial charge in [-0.25, -0.2) is 0 Å². The molecule has 1 saturated heterocycles. The van der Waals surface area contributed by atoms with Gasteiger partial charge in [-0.1, -0.05) is 0 Å². The average Bonchev–Trinajstić information content (AvgIpc) is 2.35. The van der Waals surface area contributed by atoms with Crippen molar-refractivity contribution in [3.63, 3.8) is 0 Å². The number of carbonyl (C=O) groups is 1. The van der Waals surface area contributed by atoms with Crippen LogP contribution in [0.2, 0.25) is 0 Å². The monoisotopic (exact) mass is 172 g/mol. The minimum atomic E-state index is -0.728. The molecule has 0 radical (unpaired) electrons. The van der Waals surface area contributed by atoms with Crippen LogP contribution in [0.15, 0.2) is 0 Å². The number of aliphatic carboxylic acids is 1. The second kappa shape index (κ2) is 3.41. The first-order valence-corrected chi connectivity index (χ1v) is 4.20. The molecule has 4 heteroatoms. The summed E-state index contributed by atoms with van der Waals surface area (Å²) in [5.41, 5.74) is -0.691. The lowest BCUT2D eigenvalue weighted by molar-refractivity contribution is -0.144. The van der Waals surface area contributed by atoms with Gasteiger partial charge in [0.15, 0.2) is 0 Å². The predicted molar refractivity (Wildman–Crippen MR) is 46.2 cm³/mol. The summed E-state index contributed by atoms with van der Waals surface area (Å²) in [4.78, 5) is 12.9. The fraction of sp³-hybridized carbons (Fsp3) is 0.875. The van der Waals surface area contributed by atoms with Gasteiger partial charge in [0.05, 0.1) is 0 Å². The number of rotatable bonds is 3. The molecule has 1 aliphatic rings. The molecule has 0 saturated carbocycles. The maximum atomic E-state index is 11.0. The lowest BCUT2D eigenvalue weighted by Crippen LogP contribution is -2.54. The first-order valence-electron chi connectivity index (χ1n) is 4.20. The van der Waals surface area contributed by atoms with Crippen LogP contribution < -0.4 is 5.32 Å². The summed E-state index contributed by atoms with van der Waals surface area (Å²) in [6.45, 7) is 1.39. The molecule has 1 atom stereocenters. The van der Waals surface area contributed by atoms with Crippen molar-refractivity contribution in [2.24, 2.45) is 0 Å². The van der Waals surface area contributed by atoms with E-state index in [2.05, 4.69) is 5.32 Å². The van der Waals surface area contributed by atoms with E-state index < -0.39 is 11.5 Å². The van der Waals surface area contributed by atoms with Crippen LogP contribution in [0, 0.1) is 0 Å². The van der Waals surface area contributed by atoms with E-state index in [1.54, 1.807) is 0 Å². The molecule has 1 unspecified atom stereocenters. The van der Waals surface area contributed by atoms with Gasteiger partial charge in [-0.2, -0.15) is 0 Å². The zero-order chi connectivity index (χ0) is 9.19. The van der Waals surface area contributed by atoms with Crippen molar-refractivity contribution in [1.29, 1.82) is 0 Å². The molecule has 0 bridgehead atoms. The summed E-state index contributed by atoms with van der Waals surface area (Å²) in [6.07, 6.45) is 1.70. The molecule has 0 amide bonds. The van der Waals surface area contributed by atoms with Crippen LogP contribution in [-0.2, 0) is 4.79 Å². The van der Waals surface area contributed by atoms with Crippen LogP contribution >= 0.6 is 0 Å². The Hall–Kier alpha value is -0.610. The van der Waals surface area contributed by atoms with Crippen molar-refractivity contribution in [3.8, 4) is 0 Å². The van der Waals surface area contributed by atoms with Crippen molar-refractivity contribution in [1.82, 2.24) is 10.2 Å². The fourth-order valence-electron chi connectivity index (χ4n) is 1.73. The van der Waals surface area contributed by atoms with Gasteiger partial charge in [-0.05, 0) is 33.5 Å². The van der Waals surface area contributed by atoms with Crippen LogP contribution in [-0.4, -0.2) is 48.7 Å². The molecule has 0 aromatic heterocycles. The maximum absolute atomic E-state index is 11.0. The van der Waals surface area contributed by atoms with Gasteiger partial charge < -0.3 is 15.3 Å². The number of likely N-dealkylation sites (N-methyl/N-ethyl adjacent to an activating group) is 1. The SMILES string of the molecule is CN(C)CC1(C(=O)O)CCCN1. The molecular formula is C8H16N2O2. The normalized spacial score (nSPS) is 29.6. The minimum Gasteiger partial charge on any atom is -0.480 e. The zero-order valence-corrected chi connectivity index (χ0v) is 7.63. The van der Waals surface area contributed by atoms with E-state index in [4.69, 9.17) is 5.11 Å². The molecule has 0 aromatic carbocycles. The summed E-state index contributed by atoms with van der Waals surface area (Å²) in [6, 6.07) is 0. The van der Waals surface area contributed by atoms with E-state index in [0.717, 1.165) is 19.4 Å². The van der Waals surface area contributed by atoms with Crippen LogP contribution in [0.4, 0.5) is 0 Å². The lowest BCUT2D eigenvalue weighted by Gasteiger charge is -2.27. The molecular weight excluding hydrogens is 156 g/mol. The molecule has 1 rings (SSSR count). The summed E-state index contributed by atoms with van der Waals surface area (Å²) >= 11 is 0. The Morgan fingerprint density at radius 3 is 2.67 bits per heavy atom. The number of carboxylic acid groups (broad SMARTS) is 1. The van der Waals surface area contributed by atoms with E-state index >= 15 is 0 Å². The number of hydrogen-bond donors (Lipinski definition) is 2. The summed E-state index contributed by atoms with van der Waals surface area (Å²) < 4.78 is 0. The smallest absolute Gasteiger partial charge is 0.325 e. The minimum absolute atomic E-state index is 0.572. The number of nitrogens with zero attached hydrogens (tertiary/aromatic N) is 1. The standard InChI is InChI=1S/C8H16N2O2/c1-10(2)6-8(7(11)12)4-3-5-9-8/h9H,3-6H2,1-2H3,(H,11,12). The second-order valence-electron chi connectivity index (χ2n) is 3.66. The predicted octanol–water partition coefficient (Wildman–Crippen LogP) is -0.245. The van der Waals surface area contributed by atoms with Gasteiger partial charge in [-0.15, -0.1) is 0 Å². The highest BCUT2D eigenvalue weighted by atomic mass is 16.4. The molecule has 1 aliphatic heterocycles. The fourth-order valence-corrected chi connectivity index (χ4v) is 1.73. The number of nitrogens with one attached hydrogen (secondary N) is 1. The van der Waals surface area contributed by atoms with Crippen LogP contribution in [0.25, 0.3) is 0 Å². The van der Waals surface area contributed by atoms with Gasteiger partial charge in [0.2, 0.25) is 0 Å². The largest absolute Gasteiger partial charge is 0.480 e. The van der Waals surface area contributed by atoms with Gasteiger partial charge in [0.25, 0.3) is 0 Å². The average molecular weight is 172 g/mol. The third kappa shape index (κ3) is 1.76. The zero-order valence-electron chi connectivity index (χ0n) is 7.63. The van der Waals surface area contributed by atoms with E-state index in [1.165, 1.54) is 0 Å². The van der Waals surface area contributed by atoms with E-state index in [1.807, 2.05) is 19.0 Å². The second-order valence-corrected chi connectivity index (χ2v) is 3.66. The van der Waals surface area contributed by atoms with Crippen molar-refractivity contribution >= 4 is 5.97 Å². The third-order valence-corrected chi connectivity index (χ3v) is 2.24. The molecule has 4 nitrogen and oxygen atoms in total. The Balaban J connectivity index is 2.65. The summed E-state index contributed by atoms with van der Waals surface area (Å²) in [7, 11) is 3.79. The first kappa shape index (κ1) is 9.48. The molecule has 12 heavy (non-hydrogen) atoms. The molecule has 2 N–H and O–H groups in total. The first-order chi connectivity index (χ1) is 5.57. The van der Waals surface area contributed by atoms with Gasteiger partial charge >= 0.3 is 5.97 Å². The number of hydrogen-bond acceptors (Lipinski definition) is 3. The van der Waals surface area contributed by atoms with E-state index in [-0.39, 0.29) is 0 Å². The molecule has 1 fully saturated rings. The van der Waals surface area contributed by atoms with Crippen LogP contribution in [0.3, 0.4) is 0 Å². The van der Waals surface area contributed by atoms with Crippen molar-refractivity contribution in [2.45, 2.75) is 18.4 Å². The van der Waals surface area contributed by atoms with Gasteiger partial charge in [-0.3, -0.25) is 4.79 Å². The molecule has 0 aliphatic carbocycles. The van der Waals surface area contributed by atoms with Crippen molar-refractivity contribution in [3.05, 3.63) is 0 Å². The molecule has 1 heterocycles. The quantitative estimate of drug-likeness (QED) is 0.616. The van der Waals surface area contributed by atoms with Crippen molar-refractivity contribution < 1.29 is 9.90 Å². The molecule has 0 aromatic rings. The Labute approximate surface area is 72.6 Å². The van der Waals surface area contributed by atoms with E-state index in [9.17, 15) is 4.79 Å². The highest BCUT2D eigenvalue weighted by Gasteiger charge is 2.41. The van der Waals surface area contributed by atoms with Crippen molar-refractivity contribution in [2.75, 3.05) is 27.2 Å². The highest BCUT2D eigenvalue weighted by Crippen LogP contribution is 2.19. The molecule has 0 spiro atoms. The topological polar surface area (TPSA) is 52.6 Å². The Kier molecular flexibility index (Phi) is 2.69. The van der Waals surface area contributed by atoms with E-state index in [0.29, 0.717) is 6.54 Å². The maximum Gasteiger partial charge on any atom is 0.325 e. The third-order valence-electron chi connectivity index (χ3n) is 2.24. The van der Waals surface area contributed by atoms with Crippen LogP contribution in [0.5, 0.6) is 0 Å². The molecule has 70 valence electrons. The Morgan fingerprint density at radius 2 is 2.33 bits per heavy atom. The Bertz CT molecular complexity index is 174. The van der Waals surface area contributed by atoms with Gasteiger partial charge in [0.1, 0.15) is 5.54 Å². The van der Waals surface area contributed by atoms with Crippen LogP contribution in [0.1, 0.15) is 12.8 Å². The van der Waals surface area contributed by atoms with Gasteiger partial charge in [0, 0.05) is 6.54 Å². The highest BCUT2D eigenvalue weighted by molar-refractivity contribution is 5.79.